The average molecular weight is 218 g/mol. The molecule has 82 valence electrons. The summed E-state index contributed by atoms with van der Waals surface area (Å²) in [5, 5.41) is 10.4. The second kappa shape index (κ2) is 4.39. The Morgan fingerprint density at radius 3 is 2.94 bits per heavy atom. The van der Waals surface area contributed by atoms with E-state index in [-0.39, 0.29) is 0 Å². The molecule has 7 heteroatoms. The molecule has 0 aliphatic carbocycles. The Morgan fingerprint density at radius 2 is 2.19 bits per heavy atom. The van der Waals surface area contributed by atoms with Gasteiger partial charge in [-0.1, -0.05) is 0 Å². The average Bonchev–Trinajstić information content (AvgIpc) is 2.29. The fourth-order valence-corrected chi connectivity index (χ4v) is 1.12. The normalized spacial score (nSPS) is 9.81. The summed E-state index contributed by atoms with van der Waals surface area (Å²) in [5.41, 5.74) is 6.20. The van der Waals surface area contributed by atoms with E-state index in [0.717, 1.165) is 0 Å². The molecule has 2 aromatic rings. The number of hydrogen-bond donors (Lipinski definition) is 2. The fraction of sp³-hybridized carbons (Fsp3) is 0.111. The second-order valence-electron chi connectivity index (χ2n) is 2.94. The molecule has 3 N–H and O–H groups in total. The minimum absolute atomic E-state index is 0.339. The van der Waals surface area contributed by atoms with E-state index in [9.17, 15) is 0 Å². The lowest BCUT2D eigenvalue weighted by atomic mass is 10.4. The van der Waals surface area contributed by atoms with Crippen LogP contribution < -0.4 is 15.8 Å². The van der Waals surface area contributed by atoms with Crippen LogP contribution in [0.2, 0.25) is 0 Å². The number of nitrogens with zero attached hydrogens (tertiary/aromatic N) is 4. The van der Waals surface area contributed by atoms with E-state index in [1.807, 2.05) is 0 Å². The monoisotopic (exact) mass is 218 g/mol. The highest BCUT2D eigenvalue weighted by molar-refractivity contribution is 5.58. The third kappa shape index (κ3) is 2.32. The smallest absolute Gasteiger partial charge is 0.218 e. The van der Waals surface area contributed by atoms with Crippen molar-refractivity contribution < 1.29 is 4.74 Å². The van der Waals surface area contributed by atoms with E-state index < -0.39 is 0 Å². The van der Waals surface area contributed by atoms with Gasteiger partial charge in [-0.15, -0.1) is 5.10 Å². The highest BCUT2D eigenvalue weighted by atomic mass is 16.5. The Balaban J connectivity index is 2.20. The number of methoxy groups -OCH3 is 1. The first-order valence-corrected chi connectivity index (χ1v) is 4.49. The Hall–Kier alpha value is -2.44. The Morgan fingerprint density at radius 1 is 1.31 bits per heavy atom. The van der Waals surface area contributed by atoms with Crippen molar-refractivity contribution in [2.75, 3.05) is 18.2 Å². The summed E-state index contributed by atoms with van der Waals surface area (Å²) in [6.07, 6.45) is 2.95. The molecule has 0 spiro atoms. The van der Waals surface area contributed by atoms with E-state index in [4.69, 9.17) is 10.5 Å². The second-order valence-corrected chi connectivity index (χ2v) is 2.94. The van der Waals surface area contributed by atoms with Gasteiger partial charge in [-0.05, 0) is 0 Å². The van der Waals surface area contributed by atoms with Crippen LogP contribution in [0, 0.1) is 0 Å². The zero-order chi connectivity index (χ0) is 11.4. The lowest BCUT2D eigenvalue weighted by Crippen LogP contribution is -1.99. The fourth-order valence-electron chi connectivity index (χ4n) is 1.12. The van der Waals surface area contributed by atoms with E-state index in [2.05, 4.69) is 25.5 Å². The highest BCUT2D eigenvalue weighted by Gasteiger charge is 2.00. The molecule has 0 saturated carbocycles. The SMILES string of the molecule is COc1cc(Nc2cnnc(N)c2)ncn1. The first-order chi connectivity index (χ1) is 7.78. The summed E-state index contributed by atoms with van der Waals surface area (Å²) >= 11 is 0. The molecule has 2 rings (SSSR count). The summed E-state index contributed by atoms with van der Waals surface area (Å²) in [6, 6.07) is 3.32. The van der Waals surface area contributed by atoms with Gasteiger partial charge in [0, 0.05) is 12.1 Å². The number of aromatic nitrogens is 4. The number of nitrogens with one attached hydrogen (secondary N) is 1. The first-order valence-electron chi connectivity index (χ1n) is 4.49. The summed E-state index contributed by atoms with van der Waals surface area (Å²) < 4.78 is 4.97. The van der Waals surface area contributed by atoms with Gasteiger partial charge in [-0.2, -0.15) is 5.10 Å². The predicted octanol–water partition coefficient (Wildman–Crippen LogP) is 0.601. The molecule has 0 radical (unpaired) electrons. The largest absolute Gasteiger partial charge is 0.481 e. The number of rotatable bonds is 3. The molecular weight excluding hydrogens is 208 g/mol. The maximum Gasteiger partial charge on any atom is 0.218 e. The van der Waals surface area contributed by atoms with Crippen molar-refractivity contribution in [2.24, 2.45) is 0 Å². The number of nitrogen functional groups attached to an aromatic ring is 1. The van der Waals surface area contributed by atoms with Crippen LogP contribution in [0.4, 0.5) is 17.3 Å². The Kier molecular flexibility index (Phi) is 2.77. The van der Waals surface area contributed by atoms with Crippen LogP contribution in [0.25, 0.3) is 0 Å². The molecule has 0 fully saturated rings. The molecule has 2 heterocycles. The first kappa shape index (κ1) is 10.1. The molecule has 0 aliphatic rings. The molecule has 7 nitrogen and oxygen atoms in total. The van der Waals surface area contributed by atoms with Gasteiger partial charge < -0.3 is 15.8 Å². The standard InChI is InChI=1S/C9H10N6O/c1-16-9-3-8(11-5-12-9)14-6-2-7(10)15-13-4-6/h2-5H,1H3,(H3,10,11,12,14,15). The number of anilines is 3. The number of ether oxygens (including phenoxy) is 1. The Bertz CT molecular complexity index is 489. The topological polar surface area (TPSA) is 98.8 Å². The van der Waals surface area contributed by atoms with Gasteiger partial charge in [0.15, 0.2) is 0 Å². The van der Waals surface area contributed by atoms with Crippen molar-refractivity contribution in [1.82, 2.24) is 20.2 Å². The maximum absolute atomic E-state index is 5.50. The zero-order valence-electron chi connectivity index (χ0n) is 8.58. The molecule has 0 amide bonds. The van der Waals surface area contributed by atoms with Crippen LogP contribution in [-0.4, -0.2) is 27.3 Å². The van der Waals surface area contributed by atoms with Crippen LogP contribution >= 0.6 is 0 Å². The van der Waals surface area contributed by atoms with Crippen molar-refractivity contribution in [2.45, 2.75) is 0 Å². The van der Waals surface area contributed by atoms with Gasteiger partial charge in [0.2, 0.25) is 5.88 Å². The van der Waals surface area contributed by atoms with Gasteiger partial charge in [0.05, 0.1) is 19.0 Å². The molecule has 0 bridgehead atoms. The molecule has 0 aromatic carbocycles. The summed E-state index contributed by atoms with van der Waals surface area (Å²) in [6.45, 7) is 0. The molecule has 0 saturated heterocycles. The lowest BCUT2D eigenvalue weighted by Gasteiger charge is -2.05. The summed E-state index contributed by atoms with van der Waals surface area (Å²) in [4.78, 5) is 7.91. The summed E-state index contributed by atoms with van der Waals surface area (Å²) in [5.74, 6) is 1.41. The predicted molar refractivity (Wildman–Crippen MR) is 58.3 cm³/mol. The maximum atomic E-state index is 5.50. The van der Waals surface area contributed by atoms with Crippen LogP contribution in [-0.2, 0) is 0 Å². The van der Waals surface area contributed by atoms with Crippen molar-refractivity contribution in [3.8, 4) is 5.88 Å². The van der Waals surface area contributed by atoms with E-state index in [1.54, 1.807) is 18.3 Å². The van der Waals surface area contributed by atoms with Gasteiger partial charge in [0.25, 0.3) is 0 Å². The third-order valence-electron chi connectivity index (χ3n) is 1.80. The molecular formula is C9H10N6O. The quantitative estimate of drug-likeness (QED) is 0.778. The molecule has 2 aromatic heterocycles. The molecule has 0 unspecified atom stereocenters. The van der Waals surface area contributed by atoms with Crippen molar-refractivity contribution >= 4 is 17.3 Å². The van der Waals surface area contributed by atoms with Gasteiger partial charge >= 0.3 is 0 Å². The van der Waals surface area contributed by atoms with Crippen molar-refractivity contribution in [3.05, 3.63) is 24.7 Å². The van der Waals surface area contributed by atoms with E-state index in [1.165, 1.54) is 13.4 Å². The van der Waals surface area contributed by atoms with Crippen molar-refractivity contribution in [3.63, 3.8) is 0 Å². The van der Waals surface area contributed by atoms with E-state index >= 15 is 0 Å². The van der Waals surface area contributed by atoms with E-state index in [0.29, 0.717) is 23.2 Å². The van der Waals surface area contributed by atoms with Gasteiger partial charge in [0.1, 0.15) is 18.0 Å². The lowest BCUT2D eigenvalue weighted by molar-refractivity contribution is 0.397. The van der Waals surface area contributed by atoms with Gasteiger partial charge in [-0.25, -0.2) is 9.97 Å². The van der Waals surface area contributed by atoms with Crippen LogP contribution in [0.1, 0.15) is 0 Å². The van der Waals surface area contributed by atoms with Crippen LogP contribution in [0.3, 0.4) is 0 Å². The van der Waals surface area contributed by atoms with Crippen LogP contribution in [0.15, 0.2) is 24.7 Å². The van der Waals surface area contributed by atoms with Crippen LogP contribution in [0.5, 0.6) is 5.88 Å². The van der Waals surface area contributed by atoms with Crippen molar-refractivity contribution in [1.29, 1.82) is 0 Å². The molecule has 0 aliphatic heterocycles. The Labute approximate surface area is 91.7 Å². The molecule has 16 heavy (non-hydrogen) atoms. The highest BCUT2D eigenvalue weighted by Crippen LogP contribution is 2.16. The third-order valence-corrected chi connectivity index (χ3v) is 1.80. The summed E-state index contributed by atoms with van der Waals surface area (Å²) in [7, 11) is 1.54. The molecule has 0 atom stereocenters. The minimum Gasteiger partial charge on any atom is -0.481 e. The zero-order valence-corrected chi connectivity index (χ0v) is 8.58. The minimum atomic E-state index is 0.339. The number of hydrogen-bond acceptors (Lipinski definition) is 7. The number of nitrogens with two attached hydrogens (primary N) is 1. The van der Waals surface area contributed by atoms with Gasteiger partial charge in [-0.3, -0.25) is 0 Å².